The molecule has 1 N–H and O–H groups in total. The Morgan fingerprint density at radius 3 is 2.85 bits per heavy atom. The lowest BCUT2D eigenvalue weighted by atomic mass is 9.51. The number of aliphatic hydroxyl groups is 1. The van der Waals surface area contributed by atoms with Crippen molar-refractivity contribution < 1.29 is 28.9 Å². The summed E-state index contributed by atoms with van der Waals surface area (Å²) >= 11 is 0. The first-order valence-electron chi connectivity index (χ1n) is 11.4. The highest BCUT2D eigenvalue weighted by atomic mass is 16.6. The lowest BCUT2D eigenvalue weighted by Crippen LogP contribution is -2.75. The van der Waals surface area contributed by atoms with Crippen LogP contribution in [0.2, 0.25) is 0 Å². The summed E-state index contributed by atoms with van der Waals surface area (Å²) < 4.78 is 17.7. The maximum absolute atomic E-state index is 13.0. The predicted molar refractivity (Wildman–Crippen MR) is 118 cm³/mol. The molecule has 2 aromatic rings. The summed E-state index contributed by atoms with van der Waals surface area (Å²) in [6.07, 6.45) is 2.49. The van der Waals surface area contributed by atoms with Gasteiger partial charge in [0.05, 0.1) is 18.1 Å². The average molecular weight is 447 g/mol. The number of ether oxygens (including phenoxy) is 3. The number of hydrogen-bond donors (Lipinski definition) is 1. The third-order valence-corrected chi connectivity index (χ3v) is 7.60. The minimum absolute atomic E-state index is 0.180. The molecule has 1 saturated heterocycles. The molecule has 4 atom stereocenters. The van der Waals surface area contributed by atoms with Gasteiger partial charge < -0.3 is 24.2 Å². The van der Waals surface area contributed by atoms with Gasteiger partial charge in [0.25, 0.3) is 0 Å². The molecule has 1 amide bonds. The van der Waals surface area contributed by atoms with E-state index in [4.69, 9.17) is 14.2 Å². The van der Waals surface area contributed by atoms with Crippen LogP contribution in [0.25, 0.3) is 0 Å². The van der Waals surface area contributed by atoms with Crippen LogP contribution < -0.4 is 9.47 Å². The molecule has 0 aromatic heterocycles. The van der Waals surface area contributed by atoms with E-state index in [0.29, 0.717) is 37.5 Å². The van der Waals surface area contributed by atoms with Crippen LogP contribution in [0.1, 0.15) is 30.0 Å². The fraction of sp³-hybridized carbons (Fsp3) is 0.385. The number of benzene rings is 2. The van der Waals surface area contributed by atoms with E-state index in [0.717, 1.165) is 16.7 Å². The second-order valence-corrected chi connectivity index (χ2v) is 9.09. The van der Waals surface area contributed by atoms with Crippen molar-refractivity contribution in [1.29, 1.82) is 0 Å². The molecule has 0 saturated carbocycles. The Kier molecular flexibility index (Phi) is 4.36. The van der Waals surface area contributed by atoms with Gasteiger partial charge in [-0.2, -0.15) is 0 Å². The number of likely N-dealkylation sites (tertiary alicyclic amines) is 1. The van der Waals surface area contributed by atoms with E-state index < -0.39 is 29.3 Å². The van der Waals surface area contributed by atoms with Gasteiger partial charge in [-0.15, -0.1) is 0 Å². The molecule has 4 aliphatic rings. The molecule has 6 rings (SSSR count). The number of nitrogens with zero attached hydrogens (tertiary/aromatic N) is 1. The van der Waals surface area contributed by atoms with Gasteiger partial charge in [-0.1, -0.05) is 36.4 Å². The summed E-state index contributed by atoms with van der Waals surface area (Å²) in [5.41, 5.74) is 0.437. The molecule has 7 heteroatoms. The number of ketones is 1. The van der Waals surface area contributed by atoms with Gasteiger partial charge in [0.2, 0.25) is 0 Å². The van der Waals surface area contributed by atoms with E-state index in [1.54, 1.807) is 17.9 Å². The van der Waals surface area contributed by atoms with Crippen molar-refractivity contribution in [3.8, 4) is 11.5 Å². The Bertz CT molecular complexity index is 1180. The third kappa shape index (κ3) is 2.60. The number of carbonyl (C=O) groups excluding carboxylic acids is 2. The minimum atomic E-state index is -1.44. The maximum atomic E-state index is 13.0. The molecule has 0 radical (unpaired) electrons. The number of amides is 1. The molecule has 1 spiro atoms. The van der Waals surface area contributed by atoms with Crippen molar-refractivity contribution in [2.45, 2.75) is 49.5 Å². The number of hydrogen-bond acceptors (Lipinski definition) is 6. The molecular formula is C26H25NO6. The molecule has 170 valence electrons. The van der Waals surface area contributed by atoms with Gasteiger partial charge in [0.1, 0.15) is 12.2 Å². The zero-order valence-corrected chi connectivity index (χ0v) is 18.3. The predicted octanol–water partition coefficient (Wildman–Crippen LogP) is 2.92. The lowest BCUT2D eigenvalue weighted by molar-refractivity contribution is -0.150. The molecule has 7 nitrogen and oxygen atoms in total. The van der Waals surface area contributed by atoms with Crippen molar-refractivity contribution in [3.05, 3.63) is 71.3 Å². The van der Waals surface area contributed by atoms with Crippen LogP contribution in [0, 0.1) is 0 Å². The van der Waals surface area contributed by atoms with Crippen molar-refractivity contribution in [1.82, 2.24) is 4.90 Å². The maximum Gasteiger partial charge on any atom is 0.410 e. The Morgan fingerprint density at radius 1 is 1.24 bits per heavy atom. The first-order valence-corrected chi connectivity index (χ1v) is 11.4. The van der Waals surface area contributed by atoms with Crippen molar-refractivity contribution in [2.75, 3.05) is 13.2 Å². The quantitative estimate of drug-likeness (QED) is 0.776. The SMILES string of the molecule is CCOC(=O)N1CC[C@]23c4c5ccc(OCc6ccccc6)c4O[C@H]2C(=O)C=C[C@@]3(O)[C@H]1C5. The largest absolute Gasteiger partial charge is 0.485 e. The van der Waals surface area contributed by atoms with E-state index in [-0.39, 0.29) is 12.4 Å². The second kappa shape index (κ2) is 7.09. The van der Waals surface area contributed by atoms with Crippen LogP contribution in [0.15, 0.2) is 54.6 Å². The topological polar surface area (TPSA) is 85.3 Å². The number of piperidine rings is 1. The summed E-state index contributed by atoms with van der Waals surface area (Å²) in [6, 6.07) is 13.1. The van der Waals surface area contributed by atoms with Crippen LogP contribution in [0.5, 0.6) is 11.5 Å². The molecule has 2 heterocycles. The van der Waals surface area contributed by atoms with Gasteiger partial charge in [-0.05, 0) is 49.1 Å². The monoisotopic (exact) mass is 447 g/mol. The first-order chi connectivity index (χ1) is 16.0. The zero-order valence-electron chi connectivity index (χ0n) is 18.3. The van der Waals surface area contributed by atoms with Crippen LogP contribution in [-0.4, -0.2) is 52.8 Å². The van der Waals surface area contributed by atoms with E-state index in [1.807, 2.05) is 42.5 Å². The molecular weight excluding hydrogens is 422 g/mol. The molecule has 33 heavy (non-hydrogen) atoms. The van der Waals surface area contributed by atoms with E-state index >= 15 is 0 Å². The Hall–Kier alpha value is -3.32. The summed E-state index contributed by atoms with van der Waals surface area (Å²) in [5.74, 6) is 0.913. The van der Waals surface area contributed by atoms with E-state index in [2.05, 4.69) is 0 Å². The van der Waals surface area contributed by atoms with Gasteiger partial charge in [-0.3, -0.25) is 4.79 Å². The van der Waals surface area contributed by atoms with Crippen LogP contribution >= 0.6 is 0 Å². The normalized spacial score (nSPS) is 30.5. The van der Waals surface area contributed by atoms with E-state index in [9.17, 15) is 14.7 Å². The zero-order chi connectivity index (χ0) is 22.8. The molecule has 2 aromatic carbocycles. The van der Waals surface area contributed by atoms with Gasteiger partial charge >= 0.3 is 6.09 Å². The highest BCUT2D eigenvalue weighted by Crippen LogP contribution is 2.63. The average Bonchev–Trinajstić information content (AvgIpc) is 3.17. The minimum Gasteiger partial charge on any atom is -0.485 e. The molecule has 0 unspecified atom stereocenters. The number of rotatable bonds is 4. The first kappa shape index (κ1) is 20.3. The summed E-state index contributed by atoms with van der Waals surface area (Å²) in [5, 5.41) is 12.1. The van der Waals surface area contributed by atoms with Crippen LogP contribution in [-0.2, 0) is 28.0 Å². The highest BCUT2D eigenvalue weighted by Gasteiger charge is 2.72. The Balaban J connectivity index is 1.46. The van der Waals surface area contributed by atoms with Gasteiger partial charge in [-0.25, -0.2) is 4.79 Å². The van der Waals surface area contributed by atoms with Gasteiger partial charge in [0, 0.05) is 12.1 Å². The van der Waals surface area contributed by atoms with Crippen molar-refractivity contribution in [2.24, 2.45) is 0 Å². The summed E-state index contributed by atoms with van der Waals surface area (Å²) in [4.78, 5) is 27.3. The summed E-state index contributed by atoms with van der Waals surface area (Å²) in [7, 11) is 0. The van der Waals surface area contributed by atoms with Gasteiger partial charge in [0.15, 0.2) is 23.4 Å². The van der Waals surface area contributed by atoms with Crippen molar-refractivity contribution in [3.63, 3.8) is 0 Å². The smallest absolute Gasteiger partial charge is 0.410 e. The molecule has 2 bridgehead atoms. The lowest BCUT2D eigenvalue weighted by Gasteiger charge is -2.60. The number of carbonyl (C=O) groups is 2. The fourth-order valence-electron chi connectivity index (χ4n) is 6.19. The highest BCUT2D eigenvalue weighted by molar-refractivity contribution is 5.99. The molecule has 2 aliphatic carbocycles. The Labute approximate surface area is 191 Å². The van der Waals surface area contributed by atoms with E-state index in [1.165, 1.54) is 6.08 Å². The molecule has 1 fully saturated rings. The standard InChI is InChI=1S/C26H25NO6/c1-2-31-24(29)27-13-12-25-21-17-8-9-19(32-15-16-6-4-3-5-7-16)22(21)33-23(25)18(28)10-11-26(25,30)20(27)14-17/h3-11,20,23,30H,2,12-15H2,1H3/t20-,23+,25+,26-/m1/s1. The third-order valence-electron chi connectivity index (χ3n) is 7.60. The fourth-order valence-corrected chi connectivity index (χ4v) is 6.19. The van der Waals surface area contributed by atoms with Crippen molar-refractivity contribution >= 4 is 11.9 Å². The second-order valence-electron chi connectivity index (χ2n) is 9.09. The molecule has 2 aliphatic heterocycles. The van der Waals surface area contributed by atoms with Crippen LogP contribution in [0.3, 0.4) is 0 Å². The summed E-state index contributed by atoms with van der Waals surface area (Å²) in [6.45, 7) is 2.76. The Morgan fingerprint density at radius 2 is 2.06 bits per heavy atom. The van der Waals surface area contributed by atoms with Crippen LogP contribution in [0.4, 0.5) is 4.79 Å².